The minimum absolute atomic E-state index is 0.165. The number of aromatic nitrogens is 1. The van der Waals surface area contributed by atoms with E-state index < -0.39 is 0 Å². The first-order valence-corrected chi connectivity index (χ1v) is 8.17. The second-order valence-electron chi connectivity index (χ2n) is 4.74. The number of halogens is 1. The van der Waals surface area contributed by atoms with Crippen molar-refractivity contribution < 1.29 is 14.3 Å². The summed E-state index contributed by atoms with van der Waals surface area (Å²) < 4.78 is 11.5. The number of rotatable bonds is 2. The summed E-state index contributed by atoms with van der Waals surface area (Å²) in [6.07, 6.45) is 0. The number of carbonyl (C=O) groups excluding carboxylic acids is 1. The Morgan fingerprint density at radius 2 is 2.04 bits per heavy atom. The van der Waals surface area contributed by atoms with Crippen molar-refractivity contribution in [2.75, 3.05) is 12.1 Å². The number of carbonyl (C=O) groups is 1. The first-order chi connectivity index (χ1) is 11.0. The molecule has 1 aromatic carbocycles. The minimum atomic E-state index is -0.331. The number of nitrogens with one attached hydrogen (secondary N) is 2. The van der Waals surface area contributed by atoms with Crippen molar-refractivity contribution >= 4 is 51.6 Å². The first-order valence-electron chi connectivity index (χ1n) is 6.68. The Hall–Kier alpha value is -1.94. The summed E-state index contributed by atoms with van der Waals surface area (Å²) in [6, 6.07) is 8.69. The number of fused-ring (bicyclic) bond motifs is 1. The fourth-order valence-electron chi connectivity index (χ4n) is 1.97. The molecule has 0 radical (unpaired) electrons. The van der Waals surface area contributed by atoms with Gasteiger partial charge in [0.25, 0.3) is 5.91 Å². The molecule has 6 nitrogen and oxygen atoms in total. The second kappa shape index (κ2) is 6.67. The Labute approximate surface area is 151 Å². The molecule has 2 heterocycles. The van der Waals surface area contributed by atoms with Crippen molar-refractivity contribution in [3.63, 3.8) is 0 Å². The first kappa shape index (κ1) is 15.9. The molecule has 1 amide bonds. The van der Waals surface area contributed by atoms with Crippen LogP contribution in [-0.4, -0.2) is 22.8 Å². The van der Waals surface area contributed by atoms with Gasteiger partial charge in [0.2, 0.25) is 6.79 Å². The van der Waals surface area contributed by atoms with E-state index in [1.54, 1.807) is 24.3 Å². The number of thiocarbonyl (C=S) groups is 1. The number of nitrogens with zero attached hydrogens (tertiary/aromatic N) is 1. The smallest absolute Gasteiger partial charge is 0.257 e. The van der Waals surface area contributed by atoms with Gasteiger partial charge in [0.1, 0.15) is 5.82 Å². The van der Waals surface area contributed by atoms with Crippen LogP contribution < -0.4 is 20.1 Å². The Balaban J connectivity index is 1.65. The summed E-state index contributed by atoms with van der Waals surface area (Å²) in [7, 11) is 0. The zero-order valence-corrected chi connectivity index (χ0v) is 15.0. The van der Waals surface area contributed by atoms with E-state index in [0.29, 0.717) is 22.9 Å². The average Bonchev–Trinajstić information content (AvgIpc) is 2.98. The van der Waals surface area contributed by atoms with Crippen LogP contribution in [0.2, 0.25) is 0 Å². The molecular formula is C15H12IN3O3S. The number of aryl methyl sites for hydroxylation is 1. The number of anilines is 1. The van der Waals surface area contributed by atoms with Gasteiger partial charge >= 0.3 is 0 Å². The molecule has 0 spiro atoms. The van der Waals surface area contributed by atoms with Crippen LogP contribution in [0.1, 0.15) is 16.1 Å². The lowest BCUT2D eigenvalue weighted by Crippen LogP contribution is -2.34. The highest BCUT2D eigenvalue weighted by molar-refractivity contribution is 14.1. The number of pyridine rings is 1. The second-order valence-corrected chi connectivity index (χ2v) is 6.31. The third-order valence-corrected chi connectivity index (χ3v) is 4.47. The fourth-order valence-corrected chi connectivity index (χ4v) is 2.47. The average molecular weight is 441 g/mol. The molecule has 0 fully saturated rings. The van der Waals surface area contributed by atoms with Crippen molar-refractivity contribution in [2.24, 2.45) is 0 Å². The molecule has 0 atom stereocenters. The Bertz CT molecular complexity index is 798. The van der Waals surface area contributed by atoms with Crippen molar-refractivity contribution in [2.45, 2.75) is 6.92 Å². The zero-order valence-electron chi connectivity index (χ0n) is 12.1. The quantitative estimate of drug-likeness (QED) is 0.552. The van der Waals surface area contributed by atoms with E-state index in [1.165, 1.54) is 0 Å². The largest absolute Gasteiger partial charge is 0.454 e. The molecule has 0 bridgehead atoms. The van der Waals surface area contributed by atoms with Crippen molar-refractivity contribution in [3.8, 4) is 11.5 Å². The molecule has 3 rings (SSSR count). The van der Waals surface area contributed by atoms with Crippen molar-refractivity contribution in [3.05, 3.63) is 45.2 Å². The van der Waals surface area contributed by atoms with Gasteiger partial charge in [0.05, 0.1) is 5.69 Å². The summed E-state index contributed by atoms with van der Waals surface area (Å²) in [6.45, 7) is 2.07. The summed E-state index contributed by atoms with van der Waals surface area (Å²) in [5.41, 5.74) is 1.32. The predicted octanol–water partition coefficient (Wildman–Crippen LogP) is 2.85. The van der Waals surface area contributed by atoms with Gasteiger partial charge in [0, 0.05) is 9.13 Å². The number of amides is 1. The molecule has 8 heteroatoms. The van der Waals surface area contributed by atoms with E-state index in [1.807, 2.05) is 13.0 Å². The molecular weight excluding hydrogens is 429 g/mol. The summed E-state index contributed by atoms with van der Waals surface area (Å²) >= 11 is 7.35. The van der Waals surface area contributed by atoms with E-state index >= 15 is 0 Å². The SMILES string of the molecule is Cc1nc(NC(=S)NC(=O)c2ccc3c(c2)OCO3)ccc1I. The van der Waals surface area contributed by atoms with E-state index in [4.69, 9.17) is 21.7 Å². The van der Waals surface area contributed by atoms with Gasteiger partial charge < -0.3 is 14.8 Å². The van der Waals surface area contributed by atoms with Crippen molar-refractivity contribution in [1.82, 2.24) is 10.3 Å². The number of hydrogen-bond acceptors (Lipinski definition) is 5. The summed E-state index contributed by atoms with van der Waals surface area (Å²) in [5, 5.41) is 5.69. The van der Waals surface area contributed by atoms with Crippen LogP contribution in [0.4, 0.5) is 5.82 Å². The van der Waals surface area contributed by atoms with E-state index in [9.17, 15) is 4.79 Å². The highest BCUT2D eigenvalue weighted by Crippen LogP contribution is 2.32. The summed E-state index contributed by atoms with van der Waals surface area (Å²) in [5.74, 6) is 1.43. The highest BCUT2D eigenvalue weighted by Gasteiger charge is 2.16. The van der Waals surface area contributed by atoms with Crippen LogP contribution in [0.5, 0.6) is 11.5 Å². The van der Waals surface area contributed by atoms with E-state index in [-0.39, 0.29) is 17.8 Å². The normalized spacial score (nSPS) is 11.9. The minimum Gasteiger partial charge on any atom is -0.454 e. The van der Waals surface area contributed by atoms with Crippen LogP contribution in [0, 0.1) is 10.5 Å². The maximum absolute atomic E-state index is 12.2. The third-order valence-electron chi connectivity index (χ3n) is 3.12. The highest BCUT2D eigenvalue weighted by atomic mass is 127. The lowest BCUT2D eigenvalue weighted by molar-refractivity contribution is 0.0977. The van der Waals surface area contributed by atoms with Crippen LogP contribution in [-0.2, 0) is 0 Å². The molecule has 1 aromatic heterocycles. The lowest BCUT2D eigenvalue weighted by Gasteiger charge is -2.10. The third kappa shape index (κ3) is 3.70. The molecule has 2 aromatic rings. The zero-order chi connectivity index (χ0) is 16.4. The Morgan fingerprint density at radius 1 is 1.26 bits per heavy atom. The van der Waals surface area contributed by atoms with Gasteiger partial charge in [-0.1, -0.05) is 0 Å². The Kier molecular flexibility index (Phi) is 4.62. The molecule has 0 saturated heterocycles. The summed E-state index contributed by atoms with van der Waals surface area (Å²) in [4.78, 5) is 16.6. The topological polar surface area (TPSA) is 72.5 Å². The van der Waals surface area contributed by atoms with Crippen LogP contribution in [0.25, 0.3) is 0 Å². The van der Waals surface area contributed by atoms with Gasteiger partial charge in [-0.15, -0.1) is 0 Å². The number of ether oxygens (including phenoxy) is 2. The van der Waals surface area contributed by atoms with Crippen LogP contribution >= 0.6 is 34.8 Å². The lowest BCUT2D eigenvalue weighted by atomic mass is 10.2. The standard InChI is InChI=1S/C15H12IN3O3S/c1-8-10(16)3-5-13(17-8)18-15(23)19-14(20)9-2-4-11-12(6-9)22-7-21-11/h2-6H,7H2,1H3,(H2,17,18,19,20,23). The van der Waals surface area contributed by atoms with Gasteiger partial charge in [-0.25, -0.2) is 4.98 Å². The van der Waals surface area contributed by atoms with Crippen LogP contribution in [0.15, 0.2) is 30.3 Å². The van der Waals surface area contributed by atoms with Gasteiger partial charge in [-0.05, 0) is 72.1 Å². The molecule has 1 aliphatic rings. The van der Waals surface area contributed by atoms with E-state index in [2.05, 4.69) is 38.2 Å². The fraction of sp³-hybridized carbons (Fsp3) is 0.133. The van der Waals surface area contributed by atoms with Gasteiger partial charge in [-0.2, -0.15) is 0 Å². The molecule has 0 aliphatic carbocycles. The monoisotopic (exact) mass is 441 g/mol. The number of hydrogen-bond donors (Lipinski definition) is 2. The van der Waals surface area contributed by atoms with E-state index in [0.717, 1.165) is 9.26 Å². The molecule has 118 valence electrons. The molecule has 23 heavy (non-hydrogen) atoms. The number of benzene rings is 1. The van der Waals surface area contributed by atoms with Crippen molar-refractivity contribution in [1.29, 1.82) is 0 Å². The maximum Gasteiger partial charge on any atom is 0.257 e. The Morgan fingerprint density at radius 3 is 2.83 bits per heavy atom. The van der Waals surface area contributed by atoms with Gasteiger partial charge in [0.15, 0.2) is 16.6 Å². The predicted molar refractivity (Wildman–Crippen MR) is 97.9 cm³/mol. The molecule has 0 saturated carbocycles. The molecule has 1 aliphatic heterocycles. The van der Waals surface area contributed by atoms with Crippen LogP contribution in [0.3, 0.4) is 0 Å². The maximum atomic E-state index is 12.2. The molecule has 2 N–H and O–H groups in total. The van der Waals surface area contributed by atoms with Gasteiger partial charge in [-0.3, -0.25) is 10.1 Å². The molecule has 0 unspecified atom stereocenters.